The van der Waals surface area contributed by atoms with E-state index in [-0.39, 0.29) is 0 Å². The van der Waals surface area contributed by atoms with E-state index in [1.165, 1.54) is 0 Å². The number of benzene rings is 2. The van der Waals surface area contributed by atoms with E-state index in [0.717, 1.165) is 16.2 Å². The van der Waals surface area contributed by atoms with Gasteiger partial charge in [-0.15, -0.1) is 0 Å². The van der Waals surface area contributed by atoms with Crippen LogP contribution in [0.2, 0.25) is 0 Å². The lowest BCUT2D eigenvalue weighted by atomic mass is 10.3. The third-order valence-corrected chi connectivity index (χ3v) is 5.83. The Labute approximate surface area is 130 Å². The topological polar surface area (TPSA) is 35.0 Å². The van der Waals surface area contributed by atoms with E-state index in [4.69, 9.17) is 0 Å². The van der Waals surface area contributed by atoms with Gasteiger partial charge in [0.2, 0.25) is 0 Å². The third kappa shape index (κ3) is 2.95. The van der Waals surface area contributed by atoms with Gasteiger partial charge in [-0.1, -0.05) is 60.7 Å². The Morgan fingerprint density at radius 3 is 1.86 bits per heavy atom. The van der Waals surface area contributed by atoms with Gasteiger partial charge in [0.15, 0.2) is 12.4 Å². The Morgan fingerprint density at radius 1 is 0.818 bits per heavy atom. The highest BCUT2D eigenvalue weighted by Crippen LogP contribution is 2.47. The second-order valence-corrected chi connectivity index (χ2v) is 7.46. The summed E-state index contributed by atoms with van der Waals surface area (Å²) < 4.78 is 15.4. The zero-order valence-corrected chi connectivity index (χ0v) is 13.2. The molecule has 0 fully saturated rings. The van der Waals surface area contributed by atoms with Crippen LogP contribution in [0.15, 0.2) is 85.2 Å². The Bertz CT molecular complexity index is 760. The van der Waals surface area contributed by atoms with Crippen LogP contribution in [0.25, 0.3) is 5.20 Å². The molecule has 22 heavy (non-hydrogen) atoms. The molecule has 0 unspecified atom stereocenters. The van der Waals surface area contributed by atoms with E-state index < -0.39 is 7.29 Å². The molecule has 1 aromatic heterocycles. The lowest BCUT2D eigenvalue weighted by Gasteiger charge is -2.28. The second-order valence-electron chi connectivity index (χ2n) is 5.10. The minimum absolute atomic E-state index is 0.732. The molecule has 0 atom stereocenters. The predicted molar refractivity (Wildman–Crippen MR) is 89.9 cm³/mol. The maximum Gasteiger partial charge on any atom is 0.167 e. The monoisotopic (exact) mass is 308 g/mol. The lowest BCUT2D eigenvalue weighted by Crippen LogP contribution is -2.32. The van der Waals surface area contributed by atoms with Crippen molar-refractivity contribution in [1.82, 2.24) is 0 Å². The molecule has 0 saturated carbocycles. The first-order valence-electron chi connectivity index (χ1n) is 7.11. The van der Waals surface area contributed by atoms with Crippen LogP contribution >= 0.6 is 7.29 Å². The van der Waals surface area contributed by atoms with Gasteiger partial charge in [0, 0.05) is 22.2 Å². The average Bonchev–Trinajstić information content (AvgIpc) is 2.56. The van der Waals surface area contributed by atoms with Gasteiger partial charge in [-0.2, -0.15) is 0 Å². The zero-order valence-electron chi connectivity index (χ0n) is 12.3. The highest BCUT2D eigenvalue weighted by Gasteiger charge is 2.21. The smallest absolute Gasteiger partial charge is 0.167 e. The highest BCUT2D eigenvalue weighted by molar-refractivity contribution is 7.80. The molecule has 0 radical (unpaired) electrons. The SMILES string of the molecule is Cc1ccc[n+]([N-]P(=O)(c2ccccc2)c2ccccc2)c1. The van der Waals surface area contributed by atoms with Crippen molar-refractivity contribution < 1.29 is 9.24 Å². The molecule has 0 spiro atoms. The van der Waals surface area contributed by atoms with Crippen LogP contribution in [0.5, 0.6) is 0 Å². The summed E-state index contributed by atoms with van der Waals surface area (Å²) in [5.41, 5.74) is 1.07. The van der Waals surface area contributed by atoms with E-state index in [2.05, 4.69) is 5.20 Å². The molecule has 0 saturated heterocycles. The number of pyridine rings is 1. The van der Waals surface area contributed by atoms with E-state index in [0.29, 0.717) is 0 Å². The van der Waals surface area contributed by atoms with Crippen LogP contribution in [0, 0.1) is 6.92 Å². The predicted octanol–water partition coefficient (Wildman–Crippen LogP) is 3.35. The average molecular weight is 308 g/mol. The van der Waals surface area contributed by atoms with Crippen LogP contribution in [-0.2, 0) is 4.57 Å². The molecule has 3 rings (SSSR count). The van der Waals surface area contributed by atoms with Gasteiger partial charge in [-0.25, -0.2) is 4.68 Å². The van der Waals surface area contributed by atoms with Crippen molar-refractivity contribution in [3.63, 3.8) is 0 Å². The summed E-state index contributed by atoms with van der Waals surface area (Å²) >= 11 is 0. The Balaban J connectivity index is 2.10. The largest absolute Gasteiger partial charge is 0.366 e. The number of aromatic nitrogens is 1. The Kier molecular flexibility index (Phi) is 4.08. The fraction of sp³-hybridized carbons (Fsp3) is 0.0556. The number of hydrogen-bond acceptors (Lipinski definition) is 1. The molecule has 1 heterocycles. The molecule has 0 aliphatic carbocycles. The maximum atomic E-state index is 13.7. The van der Waals surface area contributed by atoms with Gasteiger partial charge in [-0.3, -0.25) is 0 Å². The number of nitrogens with zero attached hydrogens (tertiary/aromatic N) is 2. The fourth-order valence-corrected chi connectivity index (χ4v) is 4.35. The molecule has 0 aliphatic heterocycles. The van der Waals surface area contributed by atoms with Gasteiger partial charge in [0.05, 0.1) is 0 Å². The van der Waals surface area contributed by atoms with Crippen molar-refractivity contribution >= 4 is 17.9 Å². The molecule has 3 nitrogen and oxygen atoms in total. The molecule has 4 heteroatoms. The van der Waals surface area contributed by atoms with Crippen molar-refractivity contribution in [2.75, 3.05) is 0 Å². The van der Waals surface area contributed by atoms with Gasteiger partial charge >= 0.3 is 0 Å². The Hall–Kier alpha value is -2.38. The number of aryl methyl sites for hydroxylation is 1. The minimum atomic E-state index is -3.08. The van der Waals surface area contributed by atoms with Gasteiger partial charge in [-0.05, 0) is 13.0 Å². The third-order valence-electron chi connectivity index (χ3n) is 3.38. The zero-order chi connectivity index (χ0) is 15.4. The van der Waals surface area contributed by atoms with Crippen LogP contribution in [0.3, 0.4) is 0 Å². The van der Waals surface area contributed by atoms with E-state index in [1.54, 1.807) is 4.68 Å². The standard InChI is InChI=1S/C18H17N2OP/c1-16-9-8-14-20(15-16)19-22(21,17-10-4-2-5-11-17)18-12-6-3-7-13-18/h2-15H,1H3. The van der Waals surface area contributed by atoms with Gasteiger partial charge in [0.25, 0.3) is 0 Å². The normalized spacial score (nSPS) is 11.1. The minimum Gasteiger partial charge on any atom is -0.366 e. The molecule has 0 N–H and O–H groups in total. The summed E-state index contributed by atoms with van der Waals surface area (Å²) in [7, 11) is -3.08. The van der Waals surface area contributed by atoms with Crippen molar-refractivity contribution in [1.29, 1.82) is 0 Å². The van der Waals surface area contributed by atoms with Gasteiger partial charge < -0.3 is 9.76 Å². The summed E-state index contributed by atoms with van der Waals surface area (Å²) in [5.74, 6) is 0. The van der Waals surface area contributed by atoms with Crippen molar-refractivity contribution in [2.45, 2.75) is 6.92 Å². The molecule has 3 aromatic rings. The molecule has 0 bridgehead atoms. The first-order chi connectivity index (χ1) is 10.7. The summed E-state index contributed by atoms with van der Waals surface area (Å²) in [6.45, 7) is 1.99. The van der Waals surface area contributed by atoms with E-state index in [1.807, 2.05) is 92.1 Å². The van der Waals surface area contributed by atoms with Gasteiger partial charge in [0.1, 0.15) is 7.29 Å². The molecule has 0 aliphatic rings. The van der Waals surface area contributed by atoms with Crippen molar-refractivity contribution in [3.05, 3.63) is 95.9 Å². The summed E-state index contributed by atoms with van der Waals surface area (Å²) in [4.78, 5) is 0. The highest BCUT2D eigenvalue weighted by atomic mass is 31.2. The Morgan fingerprint density at radius 2 is 1.36 bits per heavy atom. The first-order valence-corrected chi connectivity index (χ1v) is 8.77. The van der Waals surface area contributed by atoms with E-state index in [9.17, 15) is 4.57 Å². The number of hydrogen-bond donors (Lipinski definition) is 0. The molecular formula is C18H17N2OP. The van der Waals surface area contributed by atoms with Crippen LogP contribution in [-0.4, -0.2) is 0 Å². The summed E-state index contributed by atoms with van der Waals surface area (Å²) in [5, 5.41) is 6.03. The lowest BCUT2D eigenvalue weighted by molar-refractivity contribution is -0.614. The van der Waals surface area contributed by atoms with Crippen LogP contribution in [0.1, 0.15) is 5.56 Å². The van der Waals surface area contributed by atoms with Crippen molar-refractivity contribution in [3.8, 4) is 0 Å². The molecule has 2 aromatic carbocycles. The maximum absolute atomic E-state index is 13.7. The molecular weight excluding hydrogens is 291 g/mol. The van der Waals surface area contributed by atoms with Crippen molar-refractivity contribution in [2.24, 2.45) is 0 Å². The quantitative estimate of drug-likeness (QED) is 0.538. The van der Waals surface area contributed by atoms with Crippen LogP contribution < -0.4 is 15.3 Å². The summed E-state index contributed by atoms with van der Waals surface area (Å²) in [6.07, 6.45) is 3.68. The number of rotatable bonds is 4. The van der Waals surface area contributed by atoms with E-state index >= 15 is 0 Å². The second kappa shape index (κ2) is 6.17. The summed E-state index contributed by atoms with van der Waals surface area (Å²) in [6, 6.07) is 22.8. The van der Waals surface area contributed by atoms with Crippen LogP contribution in [0.4, 0.5) is 0 Å². The first kappa shape index (κ1) is 14.6. The molecule has 110 valence electrons. The molecule has 0 amide bonds. The fourth-order valence-electron chi connectivity index (χ4n) is 2.29.